The Morgan fingerprint density at radius 3 is 2.11 bits per heavy atom. The van der Waals surface area contributed by atoms with Gasteiger partial charge in [0, 0.05) is 36.0 Å². The minimum absolute atomic E-state index is 0.0497. The summed E-state index contributed by atoms with van der Waals surface area (Å²) in [5, 5.41) is 5.39. The number of nitrogens with zero attached hydrogens (tertiary/aromatic N) is 1. The molecule has 0 unspecified atom stereocenters. The molecular weight excluding hydrogens is 685 g/mol. The molecule has 0 aromatic heterocycles. The first-order chi connectivity index (χ1) is 22.4. The van der Waals surface area contributed by atoms with Crippen molar-refractivity contribution in [2.45, 2.75) is 14.7 Å². The van der Waals surface area contributed by atoms with Gasteiger partial charge in [-0.15, -0.1) is 11.8 Å². The summed E-state index contributed by atoms with van der Waals surface area (Å²) in [6.45, 7) is 0. The molecule has 2 N–H and O–H groups in total. The average molecular weight is 711 g/mol. The number of benzene rings is 5. The zero-order chi connectivity index (χ0) is 32.0. The second-order valence-corrected chi connectivity index (χ2v) is 13.1. The van der Waals surface area contributed by atoms with Crippen molar-refractivity contribution in [2.24, 2.45) is 0 Å². The highest BCUT2D eigenvalue weighted by Gasteiger charge is 2.27. The van der Waals surface area contributed by atoms with Crippen LogP contribution in [0.5, 0.6) is 0 Å². The first kappa shape index (κ1) is 31.3. The lowest BCUT2D eigenvalue weighted by Crippen LogP contribution is -2.30. The van der Waals surface area contributed by atoms with Crippen LogP contribution in [0.3, 0.4) is 0 Å². The topological polar surface area (TPSA) is 78.5 Å². The minimum Gasteiger partial charge on any atom is -0.321 e. The van der Waals surface area contributed by atoms with Crippen LogP contribution >= 0.6 is 39.5 Å². The van der Waals surface area contributed by atoms with Crippen LogP contribution in [-0.4, -0.2) is 23.5 Å². The first-order valence-electron chi connectivity index (χ1n) is 14.1. The van der Waals surface area contributed by atoms with Crippen LogP contribution in [0, 0.1) is 5.82 Å². The molecule has 0 saturated carbocycles. The van der Waals surface area contributed by atoms with Gasteiger partial charge in [-0.1, -0.05) is 70.2 Å². The highest BCUT2D eigenvalue weighted by molar-refractivity contribution is 9.10. The van der Waals surface area contributed by atoms with E-state index in [1.807, 2.05) is 48.5 Å². The summed E-state index contributed by atoms with van der Waals surface area (Å²) in [6, 6.07) is 35.5. The van der Waals surface area contributed by atoms with Gasteiger partial charge in [0.05, 0.1) is 17.1 Å². The molecule has 0 saturated heterocycles. The number of rotatable bonds is 8. The third-order valence-corrected chi connectivity index (χ3v) is 9.56. The van der Waals surface area contributed by atoms with Crippen LogP contribution in [0.15, 0.2) is 146 Å². The van der Waals surface area contributed by atoms with Gasteiger partial charge in [0.15, 0.2) is 0 Å². The molecular formula is C36H25BrFN3O3S2. The fourth-order valence-electron chi connectivity index (χ4n) is 4.74. The van der Waals surface area contributed by atoms with Crippen molar-refractivity contribution in [1.82, 2.24) is 5.32 Å². The Morgan fingerprint density at radius 2 is 1.43 bits per heavy atom. The van der Waals surface area contributed by atoms with E-state index in [1.165, 1.54) is 30.0 Å². The van der Waals surface area contributed by atoms with Gasteiger partial charge in [0.1, 0.15) is 11.5 Å². The molecule has 1 aliphatic heterocycles. The second-order valence-electron chi connectivity index (χ2n) is 10.1. The van der Waals surface area contributed by atoms with Crippen molar-refractivity contribution in [1.29, 1.82) is 0 Å². The molecule has 228 valence electrons. The smallest absolute Gasteiger partial charge is 0.272 e. The van der Waals surface area contributed by atoms with Gasteiger partial charge in [-0.25, -0.2) is 4.39 Å². The molecule has 6 nitrogen and oxygen atoms in total. The van der Waals surface area contributed by atoms with E-state index in [2.05, 4.69) is 26.6 Å². The molecule has 5 aromatic rings. The third kappa shape index (κ3) is 7.25. The monoisotopic (exact) mass is 709 g/mol. The molecule has 0 spiro atoms. The van der Waals surface area contributed by atoms with Gasteiger partial charge in [-0.05, 0) is 84.9 Å². The maximum Gasteiger partial charge on any atom is 0.272 e. The van der Waals surface area contributed by atoms with E-state index in [0.717, 1.165) is 26.1 Å². The maximum absolute atomic E-state index is 14.6. The van der Waals surface area contributed by atoms with Gasteiger partial charge in [0.25, 0.3) is 11.8 Å². The number of carbonyl (C=O) groups excluding carboxylic acids is 3. The molecule has 0 aliphatic carbocycles. The lowest BCUT2D eigenvalue weighted by atomic mass is 10.1. The highest BCUT2D eigenvalue weighted by atomic mass is 79.9. The number of carbonyl (C=O) groups is 3. The molecule has 46 heavy (non-hydrogen) atoms. The number of thioether (sulfide) groups is 1. The van der Waals surface area contributed by atoms with E-state index < -0.39 is 17.6 Å². The van der Waals surface area contributed by atoms with E-state index >= 15 is 0 Å². The number of halogens is 2. The fraction of sp³-hybridized carbons (Fsp3) is 0.0278. The molecule has 0 atom stereocenters. The van der Waals surface area contributed by atoms with Crippen LogP contribution < -0.4 is 15.5 Å². The van der Waals surface area contributed by atoms with Crippen molar-refractivity contribution >= 4 is 80.3 Å². The van der Waals surface area contributed by atoms with Crippen LogP contribution in [0.25, 0.3) is 6.08 Å². The van der Waals surface area contributed by atoms with E-state index in [-0.39, 0.29) is 22.9 Å². The largest absolute Gasteiger partial charge is 0.321 e. The first-order valence-corrected chi connectivity index (χ1v) is 16.7. The number of hydrogen-bond donors (Lipinski definition) is 2. The number of fused-ring (bicyclic) bond motifs is 2. The third-order valence-electron chi connectivity index (χ3n) is 6.94. The van der Waals surface area contributed by atoms with Gasteiger partial charge in [-0.3, -0.25) is 19.3 Å². The van der Waals surface area contributed by atoms with Crippen molar-refractivity contribution in [3.63, 3.8) is 0 Å². The van der Waals surface area contributed by atoms with Gasteiger partial charge in [-0.2, -0.15) is 0 Å². The Kier molecular flexibility index (Phi) is 9.68. The summed E-state index contributed by atoms with van der Waals surface area (Å²) in [4.78, 5) is 44.5. The summed E-state index contributed by atoms with van der Waals surface area (Å²) in [7, 11) is 0. The second kappa shape index (κ2) is 14.2. The number of nitrogens with one attached hydrogen (secondary N) is 2. The van der Waals surface area contributed by atoms with Gasteiger partial charge >= 0.3 is 0 Å². The Morgan fingerprint density at radius 1 is 0.804 bits per heavy atom. The van der Waals surface area contributed by atoms with E-state index in [9.17, 15) is 18.8 Å². The molecule has 5 aromatic carbocycles. The predicted molar refractivity (Wildman–Crippen MR) is 186 cm³/mol. The highest BCUT2D eigenvalue weighted by Crippen LogP contribution is 2.48. The summed E-state index contributed by atoms with van der Waals surface area (Å²) >= 11 is 6.36. The molecule has 0 radical (unpaired) electrons. The normalized spacial score (nSPS) is 12.1. The molecule has 1 heterocycles. The Labute approximate surface area is 282 Å². The molecule has 3 amide bonds. The summed E-state index contributed by atoms with van der Waals surface area (Å²) in [5.41, 5.74) is 2.53. The Hall–Kier alpha value is -4.64. The van der Waals surface area contributed by atoms with E-state index in [0.29, 0.717) is 15.7 Å². The number of hydrogen-bond acceptors (Lipinski definition) is 5. The Bertz CT molecular complexity index is 1920. The Balaban J connectivity index is 1.15. The van der Waals surface area contributed by atoms with E-state index in [4.69, 9.17) is 0 Å². The van der Waals surface area contributed by atoms with Gasteiger partial charge in [0.2, 0.25) is 5.91 Å². The quantitative estimate of drug-likeness (QED) is 0.124. The fourth-order valence-corrected chi connectivity index (χ4v) is 6.92. The molecule has 10 heteroatoms. The van der Waals surface area contributed by atoms with Gasteiger partial charge < -0.3 is 10.6 Å². The average Bonchev–Trinajstić information content (AvgIpc) is 3.08. The summed E-state index contributed by atoms with van der Waals surface area (Å²) in [5.74, 6) is -1.53. The van der Waals surface area contributed by atoms with Crippen molar-refractivity contribution in [3.05, 3.63) is 148 Å². The van der Waals surface area contributed by atoms with Crippen molar-refractivity contribution < 1.29 is 18.8 Å². The lowest BCUT2D eigenvalue weighted by Gasteiger charge is -2.31. The zero-order valence-electron chi connectivity index (χ0n) is 24.1. The molecule has 1 aliphatic rings. The van der Waals surface area contributed by atoms with Crippen molar-refractivity contribution in [2.75, 3.05) is 16.0 Å². The summed E-state index contributed by atoms with van der Waals surface area (Å²) in [6.07, 6.45) is 1.29. The number of para-hydroxylation sites is 2. The minimum atomic E-state index is -0.625. The zero-order valence-corrected chi connectivity index (χ0v) is 27.3. The number of amides is 3. The van der Waals surface area contributed by atoms with E-state index in [1.54, 1.807) is 77.3 Å². The number of anilines is 3. The molecule has 0 fully saturated rings. The SMILES string of the molecule is O=C(Nc1ccc(SCC(=O)N2c3ccccc3Sc3ccccc32)cc1)/C(=C\c1cc(Br)ccc1F)NC(=O)c1ccccc1. The van der Waals surface area contributed by atoms with Crippen LogP contribution in [0.1, 0.15) is 15.9 Å². The van der Waals surface area contributed by atoms with Crippen molar-refractivity contribution in [3.8, 4) is 0 Å². The summed E-state index contributed by atoms with van der Waals surface area (Å²) < 4.78 is 15.2. The lowest BCUT2D eigenvalue weighted by molar-refractivity contribution is -0.115. The maximum atomic E-state index is 14.6. The predicted octanol–water partition coefficient (Wildman–Crippen LogP) is 8.92. The van der Waals surface area contributed by atoms with Crippen LogP contribution in [0.4, 0.5) is 21.5 Å². The molecule has 0 bridgehead atoms. The van der Waals surface area contributed by atoms with Crippen LogP contribution in [0.2, 0.25) is 0 Å². The van der Waals surface area contributed by atoms with Crippen LogP contribution in [-0.2, 0) is 9.59 Å². The molecule has 6 rings (SSSR count). The standard InChI is InChI=1S/C36H25BrFN3O3S2/c37-25-14-19-28(38)24(20-25)21-29(40-35(43)23-8-2-1-3-9-23)36(44)39-26-15-17-27(18-16-26)45-22-34(42)41-30-10-4-6-12-32(30)46-33-13-7-5-11-31(33)41/h1-21H,22H2,(H,39,44)(H,40,43)/b29-21+.